The van der Waals surface area contributed by atoms with Gasteiger partial charge in [-0.05, 0) is 55.8 Å². The lowest BCUT2D eigenvalue weighted by atomic mass is 9.89. The van der Waals surface area contributed by atoms with E-state index in [4.69, 9.17) is 9.94 Å². The Bertz CT molecular complexity index is 709. The Labute approximate surface area is 172 Å². The number of benzene rings is 1. The Morgan fingerprint density at radius 1 is 1.34 bits per heavy atom. The topological polar surface area (TPSA) is 86.5 Å². The lowest BCUT2D eigenvalue weighted by Crippen LogP contribution is -2.38. The molecular weight excluding hydrogens is 368 g/mol. The summed E-state index contributed by atoms with van der Waals surface area (Å²) < 4.78 is 0. The molecule has 0 spiro atoms. The van der Waals surface area contributed by atoms with Crippen LogP contribution >= 0.6 is 0 Å². The Hall–Kier alpha value is -2.41. The highest BCUT2D eigenvalue weighted by Crippen LogP contribution is 2.27. The van der Waals surface area contributed by atoms with Crippen molar-refractivity contribution >= 4 is 17.9 Å². The molecule has 0 amide bonds. The molecule has 2 heterocycles. The van der Waals surface area contributed by atoms with Crippen LogP contribution in [0, 0.1) is 5.92 Å². The highest BCUT2D eigenvalue weighted by atomic mass is 16.6. The van der Waals surface area contributed by atoms with Gasteiger partial charge in [0, 0.05) is 13.0 Å². The number of aliphatic carboxylic acids is 1. The summed E-state index contributed by atoms with van der Waals surface area (Å²) in [6.07, 6.45) is 8.14. The van der Waals surface area contributed by atoms with Crippen LogP contribution in [0.15, 0.2) is 34.5 Å². The lowest BCUT2D eigenvalue weighted by Gasteiger charge is -2.31. The van der Waals surface area contributed by atoms with E-state index in [2.05, 4.69) is 34.7 Å². The summed E-state index contributed by atoms with van der Waals surface area (Å²) in [5, 5.41) is 17.5. The van der Waals surface area contributed by atoms with Crippen LogP contribution in [0.3, 0.4) is 0 Å². The molecule has 0 aromatic heterocycles. The first kappa shape index (κ1) is 21.3. The number of hydrazone groups is 1. The Morgan fingerprint density at radius 2 is 2.10 bits per heavy atom. The van der Waals surface area contributed by atoms with Crippen LogP contribution < -0.4 is 5.43 Å². The van der Waals surface area contributed by atoms with Crippen molar-refractivity contribution in [1.82, 2.24) is 10.3 Å². The molecular formula is C22H32N4O3. The summed E-state index contributed by atoms with van der Waals surface area (Å²) in [4.78, 5) is 18.5. The predicted molar refractivity (Wildman–Crippen MR) is 114 cm³/mol. The summed E-state index contributed by atoms with van der Waals surface area (Å²) in [7, 11) is 0. The van der Waals surface area contributed by atoms with Crippen molar-refractivity contribution in [3.8, 4) is 0 Å². The van der Waals surface area contributed by atoms with Gasteiger partial charge in [-0.2, -0.15) is 5.10 Å². The smallest absolute Gasteiger partial charge is 0.317 e. The number of nitrogens with zero attached hydrogens (tertiary/aromatic N) is 3. The van der Waals surface area contributed by atoms with Gasteiger partial charge in [-0.1, -0.05) is 42.8 Å². The van der Waals surface area contributed by atoms with Crippen LogP contribution in [0.4, 0.5) is 0 Å². The molecule has 7 heteroatoms. The van der Waals surface area contributed by atoms with Gasteiger partial charge < -0.3 is 15.4 Å². The number of rotatable bonds is 10. The first-order chi connectivity index (χ1) is 14.1. The van der Waals surface area contributed by atoms with Crippen molar-refractivity contribution in [2.24, 2.45) is 16.2 Å². The second-order valence-corrected chi connectivity index (χ2v) is 7.96. The van der Waals surface area contributed by atoms with Crippen LogP contribution in [0.2, 0.25) is 0 Å². The minimum Gasteiger partial charge on any atom is -0.480 e. The predicted octanol–water partition coefficient (Wildman–Crippen LogP) is 3.09. The van der Waals surface area contributed by atoms with E-state index in [0.29, 0.717) is 5.92 Å². The zero-order chi connectivity index (χ0) is 20.5. The van der Waals surface area contributed by atoms with E-state index in [1.807, 2.05) is 23.2 Å². The molecule has 0 radical (unpaired) electrons. The number of oxime groups is 1. The van der Waals surface area contributed by atoms with Gasteiger partial charge in [-0.25, -0.2) is 0 Å². The number of hydrogen-bond acceptors (Lipinski definition) is 6. The van der Waals surface area contributed by atoms with Crippen LogP contribution in [0.25, 0.3) is 0 Å². The zero-order valence-corrected chi connectivity index (χ0v) is 17.2. The highest BCUT2D eigenvalue weighted by molar-refractivity contribution is 6.01. The summed E-state index contributed by atoms with van der Waals surface area (Å²) >= 11 is 0. The van der Waals surface area contributed by atoms with Crippen LogP contribution in [-0.2, 0) is 9.63 Å². The number of unbranched alkanes of at least 4 members (excludes halogenated alkanes) is 1. The first-order valence-electron chi connectivity index (χ1n) is 10.7. The summed E-state index contributed by atoms with van der Waals surface area (Å²) in [6, 6.07) is 8.24. The van der Waals surface area contributed by atoms with Crippen molar-refractivity contribution in [3.63, 3.8) is 0 Å². The minimum atomic E-state index is -0.745. The lowest BCUT2D eigenvalue weighted by molar-refractivity contribution is -0.138. The van der Waals surface area contributed by atoms with Crippen LogP contribution in [0.1, 0.15) is 56.6 Å². The fourth-order valence-electron chi connectivity index (χ4n) is 3.87. The number of carbonyl (C=O) groups is 1. The second-order valence-electron chi connectivity index (χ2n) is 7.96. The van der Waals surface area contributed by atoms with Crippen molar-refractivity contribution in [2.75, 3.05) is 26.2 Å². The third-order valence-corrected chi connectivity index (χ3v) is 5.59. The number of hydrogen-bond donors (Lipinski definition) is 2. The first-order valence-corrected chi connectivity index (χ1v) is 10.7. The zero-order valence-electron chi connectivity index (χ0n) is 17.2. The summed E-state index contributed by atoms with van der Waals surface area (Å²) in [5.41, 5.74) is 6.21. The average molecular weight is 401 g/mol. The molecule has 2 N–H and O–H groups in total. The Balaban J connectivity index is 1.41. The van der Waals surface area contributed by atoms with Crippen LogP contribution in [-0.4, -0.2) is 60.2 Å². The number of piperidine rings is 1. The molecule has 1 unspecified atom stereocenters. The molecule has 3 rings (SSSR count). The molecule has 1 aromatic carbocycles. The van der Waals surface area contributed by atoms with E-state index in [0.717, 1.165) is 75.0 Å². The van der Waals surface area contributed by atoms with Gasteiger partial charge in [0.25, 0.3) is 0 Å². The highest BCUT2D eigenvalue weighted by Gasteiger charge is 2.28. The van der Waals surface area contributed by atoms with Gasteiger partial charge in [0.15, 0.2) is 0 Å². The second kappa shape index (κ2) is 11.0. The van der Waals surface area contributed by atoms with Gasteiger partial charge in [-0.15, -0.1) is 0 Å². The molecule has 7 nitrogen and oxygen atoms in total. The third kappa shape index (κ3) is 6.85. The van der Waals surface area contributed by atoms with Gasteiger partial charge in [0.05, 0.1) is 18.5 Å². The van der Waals surface area contributed by atoms with E-state index in [9.17, 15) is 4.79 Å². The molecule has 1 atom stereocenters. The molecule has 0 saturated carbocycles. The largest absolute Gasteiger partial charge is 0.480 e. The van der Waals surface area contributed by atoms with Crippen molar-refractivity contribution in [2.45, 2.75) is 51.6 Å². The molecule has 1 aromatic rings. The number of carboxylic acid groups (broad SMARTS) is 1. The Kier molecular flexibility index (Phi) is 8.04. The maximum atomic E-state index is 10.8. The van der Waals surface area contributed by atoms with Crippen molar-refractivity contribution in [3.05, 3.63) is 35.4 Å². The molecule has 1 fully saturated rings. The molecule has 1 saturated heterocycles. The van der Waals surface area contributed by atoms with Gasteiger partial charge in [-0.3, -0.25) is 9.69 Å². The average Bonchev–Trinajstić information content (AvgIpc) is 3.18. The summed E-state index contributed by atoms with van der Waals surface area (Å²) in [5.74, 6) is -0.163. The van der Waals surface area contributed by atoms with E-state index in [-0.39, 0.29) is 12.6 Å². The number of likely N-dealkylation sites (tertiary alicyclic amines) is 1. The SMILES string of the molecule is CCCCNN=Cc1ccc(C2=NOC(CC3CCN(CC(=O)O)CC3)C2)cc1. The summed E-state index contributed by atoms with van der Waals surface area (Å²) in [6.45, 7) is 4.92. The molecule has 0 aliphatic carbocycles. The minimum absolute atomic E-state index is 0.130. The normalized spacial score (nSPS) is 20.6. The van der Waals surface area contributed by atoms with Crippen molar-refractivity contribution in [1.29, 1.82) is 0 Å². The maximum absolute atomic E-state index is 10.8. The van der Waals surface area contributed by atoms with Gasteiger partial charge in [0.2, 0.25) is 0 Å². The van der Waals surface area contributed by atoms with E-state index in [1.54, 1.807) is 0 Å². The van der Waals surface area contributed by atoms with Gasteiger partial charge >= 0.3 is 5.97 Å². The number of nitrogens with one attached hydrogen (secondary N) is 1. The fraction of sp³-hybridized carbons (Fsp3) is 0.591. The monoisotopic (exact) mass is 400 g/mol. The quantitative estimate of drug-likeness (QED) is 0.358. The fourth-order valence-corrected chi connectivity index (χ4v) is 3.87. The molecule has 2 aliphatic rings. The van der Waals surface area contributed by atoms with Crippen LogP contribution in [0.5, 0.6) is 0 Å². The molecule has 2 aliphatic heterocycles. The Morgan fingerprint density at radius 3 is 2.79 bits per heavy atom. The molecule has 0 bridgehead atoms. The third-order valence-electron chi connectivity index (χ3n) is 5.59. The van der Waals surface area contributed by atoms with Gasteiger partial charge in [0.1, 0.15) is 6.10 Å². The van der Waals surface area contributed by atoms with E-state index >= 15 is 0 Å². The van der Waals surface area contributed by atoms with E-state index in [1.165, 1.54) is 0 Å². The van der Waals surface area contributed by atoms with Crippen molar-refractivity contribution < 1.29 is 14.7 Å². The standard InChI is InChI=1S/C22H32N4O3/c1-2-3-10-23-24-15-18-4-6-19(7-5-18)21-14-20(29-25-21)13-17-8-11-26(12-9-17)16-22(27)28/h4-7,15,17,20,23H,2-3,8-14,16H2,1H3,(H,27,28). The van der Waals surface area contributed by atoms with E-state index < -0.39 is 5.97 Å². The molecule has 158 valence electrons. The number of carboxylic acids is 1. The maximum Gasteiger partial charge on any atom is 0.317 e. The molecule has 29 heavy (non-hydrogen) atoms.